The van der Waals surface area contributed by atoms with Crippen LogP contribution in [-0.4, -0.2) is 12.1 Å². The van der Waals surface area contributed by atoms with Gasteiger partial charge in [0.2, 0.25) is 0 Å². The molecule has 2 nitrogen and oxygen atoms in total. The largest absolute Gasteiger partial charge is 0.460 e. The highest BCUT2D eigenvalue weighted by Crippen LogP contribution is 2.27. The van der Waals surface area contributed by atoms with Crippen molar-refractivity contribution in [3.63, 3.8) is 0 Å². The quantitative estimate of drug-likeness (QED) is 0.276. The molecule has 0 aromatic heterocycles. The molecule has 2 heteroatoms. The molecule has 0 aromatic rings. The van der Waals surface area contributed by atoms with Crippen molar-refractivity contribution in [3.8, 4) is 0 Å². The third kappa shape index (κ3) is 6.63. The lowest BCUT2D eigenvalue weighted by Gasteiger charge is -2.11. The van der Waals surface area contributed by atoms with E-state index in [-0.39, 0.29) is 12.1 Å². The van der Waals surface area contributed by atoms with Crippen LogP contribution < -0.4 is 0 Å². The number of allylic oxidation sites excluding steroid dienone is 2. The van der Waals surface area contributed by atoms with Crippen LogP contribution in [0.1, 0.15) is 58.3 Å². The van der Waals surface area contributed by atoms with Crippen LogP contribution in [-0.2, 0) is 9.53 Å². The Hall–Kier alpha value is -1.05. The zero-order valence-electron chi connectivity index (χ0n) is 11.6. The van der Waals surface area contributed by atoms with E-state index >= 15 is 0 Å². The molecular weight excluding hydrogens is 224 g/mol. The van der Waals surface area contributed by atoms with Crippen LogP contribution in [0.15, 0.2) is 24.8 Å². The summed E-state index contributed by atoms with van der Waals surface area (Å²) in [4.78, 5) is 11.5. The van der Waals surface area contributed by atoms with Gasteiger partial charge in [-0.05, 0) is 38.5 Å². The van der Waals surface area contributed by atoms with Gasteiger partial charge in [-0.15, -0.1) is 6.58 Å². The summed E-state index contributed by atoms with van der Waals surface area (Å²) >= 11 is 0. The fraction of sp³-hybridized carbons (Fsp3) is 0.688. The summed E-state index contributed by atoms with van der Waals surface area (Å²) in [7, 11) is 0. The normalized spacial score (nSPS) is 18.1. The second-order valence-corrected chi connectivity index (χ2v) is 5.26. The first-order chi connectivity index (χ1) is 8.72. The molecule has 0 amide bonds. The molecular formula is C16H26O2. The van der Waals surface area contributed by atoms with Gasteiger partial charge in [0, 0.05) is 6.08 Å². The minimum Gasteiger partial charge on any atom is -0.460 e. The average Bonchev–Trinajstić information content (AvgIpc) is 2.82. The van der Waals surface area contributed by atoms with Crippen molar-refractivity contribution in [2.75, 3.05) is 0 Å². The maximum absolute atomic E-state index is 11.5. The predicted molar refractivity (Wildman–Crippen MR) is 75.3 cm³/mol. The summed E-state index contributed by atoms with van der Waals surface area (Å²) in [5, 5.41) is 0. The first kappa shape index (κ1) is 15.0. The number of hydrogen-bond acceptors (Lipinski definition) is 2. The Morgan fingerprint density at radius 1 is 1.44 bits per heavy atom. The number of carbonyl (C=O) groups excluding carboxylic acids is 1. The lowest BCUT2D eigenvalue weighted by atomic mass is 10.0. The van der Waals surface area contributed by atoms with Gasteiger partial charge in [-0.2, -0.15) is 0 Å². The fourth-order valence-corrected chi connectivity index (χ4v) is 2.45. The van der Waals surface area contributed by atoms with E-state index in [4.69, 9.17) is 4.74 Å². The summed E-state index contributed by atoms with van der Waals surface area (Å²) in [5.41, 5.74) is 0. The van der Waals surface area contributed by atoms with Crippen LogP contribution in [0.3, 0.4) is 0 Å². The van der Waals surface area contributed by atoms with Gasteiger partial charge in [-0.25, -0.2) is 4.79 Å². The lowest BCUT2D eigenvalue weighted by molar-refractivity contribution is -0.142. The monoisotopic (exact) mass is 250 g/mol. The lowest BCUT2D eigenvalue weighted by Crippen LogP contribution is -2.12. The van der Waals surface area contributed by atoms with Gasteiger partial charge in [0.1, 0.15) is 0 Å². The molecule has 1 unspecified atom stereocenters. The topological polar surface area (TPSA) is 26.3 Å². The first-order valence-corrected chi connectivity index (χ1v) is 7.20. The van der Waals surface area contributed by atoms with Gasteiger partial charge in [-0.1, -0.05) is 37.8 Å². The molecule has 0 spiro atoms. The number of ether oxygens (including phenoxy) is 1. The van der Waals surface area contributed by atoms with Gasteiger partial charge in [0.15, 0.2) is 0 Å². The van der Waals surface area contributed by atoms with E-state index in [1.165, 1.54) is 25.7 Å². The number of carbonyl (C=O) groups is 1. The second-order valence-electron chi connectivity index (χ2n) is 5.26. The Balaban J connectivity index is 2.11. The molecule has 18 heavy (non-hydrogen) atoms. The number of hydrogen-bond donors (Lipinski definition) is 0. The van der Waals surface area contributed by atoms with E-state index in [1.54, 1.807) is 6.08 Å². The Kier molecular flexibility index (Phi) is 7.47. The third-order valence-electron chi connectivity index (χ3n) is 3.53. The van der Waals surface area contributed by atoms with E-state index < -0.39 is 0 Å². The molecule has 0 aliphatic heterocycles. The SMILES string of the molecule is C=CCCCC(C)OC(=O)/C=C/CC1CCCC1. The van der Waals surface area contributed by atoms with Crippen LogP contribution in [0, 0.1) is 5.92 Å². The van der Waals surface area contributed by atoms with E-state index in [1.807, 2.05) is 19.1 Å². The molecule has 0 N–H and O–H groups in total. The Morgan fingerprint density at radius 3 is 2.83 bits per heavy atom. The standard InChI is InChI=1S/C16H26O2/c1-3-4-5-9-14(2)18-16(17)13-8-12-15-10-6-7-11-15/h3,8,13-15H,1,4-7,9-12H2,2H3/b13-8+. The second kappa shape index (κ2) is 8.96. The molecule has 1 atom stereocenters. The molecule has 1 rings (SSSR count). The summed E-state index contributed by atoms with van der Waals surface area (Å²) in [5.74, 6) is 0.596. The van der Waals surface area contributed by atoms with Gasteiger partial charge >= 0.3 is 5.97 Å². The highest BCUT2D eigenvalue weighted by Gasteiger charge is 2.13. The summed E-state index contributed by atoms with van der Waals surface area (Å²) < 4.78 is 5.30. The van der Waals surface area contributed by atoms with E-state index in [2.05, 4.69) is 6.58 Å². The Labute approximate surface area is 111 Å². The van der Waals surface area contributed by atoms with Crippen molar-refractivity contribution in [1.82, 2.24) is 0 Å². The van der Waals surface area contributed by atoms with Crippen molar-refractivity contribution < 1.29 is 9.53 Å². The molecule has 0 aromatic carbocycles. The molecule has 0 saturated heterocycles. The molecule has 1 aliphatic carbocycles. The zero-order chi connectivity index (χ0) is 13.2. The maximum Gasteiger partial charge on any atom is 0.330 e. The highest BCUT2D eigenvalue weighted by atomic mass is 16.5. The molecule has 0 heterocycles. The Morgan fingerprint density at radius 2 is 2.17 bits per heavy atom. The maximum atomic E-state index is 11.5. The smallest absolute Gasteiger partial charge is 0.330 e. The van der Waals surface area contributed by atoms with Crippen molar-refractivity contribution >= 4 is 5.97 Å². The van der Waals surface area contributed by atoms with Crippen molar-refractivity contribution in [2.24, 2.45) is 5.92 Å². The first-order valence-electron chi connectivity index (χ1n) is 7.20. The molecule has 102 valence electrons. The number of unbranched alkanes of at least 4 members (excludes halogenated alkanes) is 1. The molecule has 1 aliphatic rings. The minimum absolute atomic E-state index is 0.00794. The zero-order valence-corrected chi connectivity index (χ0v) is 11.6. The van der Waals surface area contributed by atoms with Gasteiger partial charge < -0.3 is 4.74 Å². The van der Waals surface area contributed by atoms with E-state index in [0.29, 0.717) is 0 Å². The Bertz CT molecular complexity index is 275. The summed E-state index contributed by atoms with van der Waals surface area (Å²) in [6.07, 6.45) is 14.8. The van der Waals surface area contributed by atoms with Crippen LogP contribution in [0.4, 0.5) is 0 Å². The van der Waals surface area contributed by atoms with Crippen LogP contribution >= 0.6 is 0 Å². The van der Waals surface area contributed by atoms with Crippen LogP contribution in [0.25, 0.3) is 0 Å². The summed E-state index contributed by atoms with van der Waals surface area (Å²) in [6.45, 7) is 5.63. The van der Waals surface area contributed by atoms with Crippen molar-refractivity contribution in [1.29, 1.82) is 0 Å². The van der Waals surface area contributed by atoms with Gasteiger partial charge in [0.25, 0.3) is 0 Å². The van der Waals surface area contributed by atoms with Gasteiger partial charge in [-0.3, -0.25) is 0 Å². The summed E-state index contributed by atoms with van der Waals surface area (Å²) in [6, 6.07) is 0. The third-order valence-corrected chi connectivity index (χ3v) is 3.53. The fourth-order valence-electron chi connectivity index (χ4n) is 2.45. The average molecular weight is 250 g/mol. The molecule has 0 radical (unpaired) electrons. The highest BCUT2D eigenvalue weighted by molar-refractivity contribution is 5.81. The van der Waals surface area contributed by atoms with Crippen LogP contribution in [0.5, 0.6) is 0 Å². The van der Waals surface area contributed by atoms with Gasteiger partial charge in [0.05, 0.1) is 6.10 Å². The van der Waals surface area contributed by atoms with E-state index in [0.717, 1.165) is 31.6 Å². The number of rotatable bonds is 8. The van der Waals surface area contributed by atoms with Crippen LogP contribution in [0.2, 0.25) is 0 Å². The number of esters is 1. The van der Waals surface area contributed by atoms with Crippen molar-refractivity contribution in [2.45, 2.75) is 64.4 Å². The molecule has 1 saturated carbocycles. The van der Waals surface area contributed by atoms with E-state index in [9.17, 15) is 4.79 Å². The molecule has 1 fully saturated rings. The predicted octanol–water partition coefficient (Wildman–Crippen LogP) is 4.41. The van der Waals surface area contributed by atoms with Crippen molar-refractivity contribution in [3.05, 3.63) is 24.8 Å². The molecule has 0 bridgehead atoms. The minimum atomic E-state index is -0.195.